The Morgan fingerprint density at radius 3 is 2.60 bits per heavy atom. The van der Waals surface area contributed by atoms with Crippen LogP contribution >= 0.6 is 11.8 Å². The third-order valence-electron chi connectivity index (χ3n) is 3.07. The van der Waals surface area contributed by atoms with Gasteiger partial charge in [0.25, 0.3) is 0 Å². The minimum Gasteiger partial charge on any atom is -0.351 e. The fraction of sp³-hybridized carbons (Fsp3) is 0.462. The summed E-state index contributed by atoms with van der Waals surface area (Å²) in [5, 5.41) is 2.40. The zero-order valence-electron chi connectivity index (χ0n) is 11.0. The summed E-state index contributed by atoms with van der Waals surface area (Å²) in [6.07, 6.45) is 0.474. The number of thioether (sulfide) groups is 1. The van der Waals surface area contributed by atoms with Crippen LogP contribution in [0.4, 0.5) is 4.39 Å². The molecule has 1 aromatic carbocycles. The van der Waals surface area contributed by atoms with Crippen molar-refractivity contribution < 1.29 is 17.6 Å². The maximum atomic E-state index is 12.8. The molecule has 4 nitrogen and oxygen atoms in total. The predicted octanol–water partition coefficient (Wildman–Crippen LogP) is 1.61. The number of hydrogen-bond donors (Lipinski definition) is 1. The van der Waals surface area contributed by atoms with Gasteiger partial charge in [0.05, 0.1) is 16.8 Å². The van der Waals surface area contributed by atoms with Gasteiger partial charge in [-0.1, -0.05) is 0 Å². The van der Waals surface area contributed by atoms with Crippen LogP contribution in [0.1, 0.15) is 13.3 Å². The third kappa shape index (κ3) is 4.21. The molecule has 0 bridgehead atoms. The van der Waals surface area contributed by atoms with Gasteiger partial charge in [0.15, 0.2) is 9.84 Å². The van der Waals surface area contributed by atoms with Crippen molar-refractivity contribution in [1.82, 2.24) is 5.32 Å². The van der Waals surface area contributed by atoms with Crippen LogP contribution in [0.3, 0.4) is 0 Å². The van der Waals surface area contributed by atoms with Gasteiger partial charge in [-0.3, -0.25) is 4.79 Å². The molecule has 1 fully saturated rings. The molecular formula is C13H16FNO3S2. The van der Waals surface area contributed by atoms with Crippen LogP contribution in [-0.4, -0.2) is 37.1 Å². The molecule has 20 heavy (non-hydrogen) atoms. The Morgan fingerprint density at radius 2 is 2.05 bits per heavy atom. The Labute approximate surface area is 122 Å². The van der Waals surface area contributed by atoms with E-state index in [0.29, 0.717) is 6.42 Å². The number of hydrogen-bond acceptors (Lipinski definition) is 4. The van der Waals surface area contributed by atoms with E-state index in [9.17, 15) is 17.6 Å². The number of nitrogens with one attached hydrogen (secondary N) is 1. The van der Waals surface area contributed by atoms with E-state index >= 15 is 0 Å². The van der Waals surface area contributed by atoms with Crippen molar-refractivity contribution in [2.24, 2.45) is 0 Å². The number of benzene rings is 1. The van der Waals surface area contributed by atoms with E-state index in [4.69, 9.17) is 0 Å². The zero-order chi connectivity index (χ0) is 14.8. The van der Waals surface area contributed by atoms with E-state index in [2.05, 4.69) is 5.32 Å². The highest BCUT2D eigenvalue weighted by molar-refractivity contribution is 8.00. The smallest absolute Gasteiger partial charge is 0.233 e. The van der Waals surface area contributed by atoms with Crippen LogP contribution in [0.5, 0.6) is 0 Å². The molecule has 0 saturated carbocycles. The van der Waals surface area contributed by atoms with Crippen molar-refractivity contribution in [3.8, 4) is 0 Å². The zero-order valence-corrected chi connectivity index (χ0v) is 12.6. The maximum absolute atomic E-state index is 12.8. The van der Waals surface area contributed by atoms with E-state index in [1.165, 1.54) is 23.9 Å². The molecule has 1 amide bonds. The number of carbonyl (C=O) groups excluding carboxylic acids is 1. The Bertz CT molecular complexity index is 586. The van der Waals surface area contributed by atoms with E-state index in [1.807, 2.05) is 0 Å². The minimum atomic E-state index is -2.99. The fourth-order valence-electron chi connectivity index (χ4n) is 2.00. The van der Waals surface area contributed by atoms with Crippen LogP contribution < -0.4 is 5.32 Å². The molecule has 0 radical (unpaired) electrons. The van der Waals surface area contributed by atoms with Gasteiger partial charge < -0.3 is 5.32 Å². The van der Waals surface area contributed by atoms with E-state index in [1.54, 1.807) is 19.1 Å². The van der Waals surface area contributed by atoms with Crippen LogP contribution in [0.15, 0.2) is 29.2 Å². The van der Waals surface area contributed by atoms with Gasteiger partial charge >= 0.3 is 0 Å². The molecule has 1 aromatic rings. The number of halogens is 1. The number of sulfone groups is 1. The second-order valence-electron chi connectivity index (χ2n) is 4.82. The maximum Gasteiger partial charge on any atom is 0.233 e. The van der Waals surface area contributed by atoms with Gasteiger partial charge in [-0.05, 0) is 37.6 Å². The second kappa shape index (κ2) is 6.13. The largest absolute Gasteiger partial charge is 0.351 e. The first-order valence-corrected chi connectivity index (χ1v) is 8.99. The number of rotatable bonds is 4. The quantitative estimate of drug-likeness (QED) is 0.857. The lowest BCUT2D eigenvalue weighted by Gasteiger charge is -2.15. The van der Waals surface area contributed by atoms with Crippen LogP contribution in [-0.2, 0) is 14.6 Å². The molecule has 0 spiro atoms. The van der Waals surface area contributed by atoms with E-state index in [-0.39, 0.29) is 34.5 Å². The van der Waals surface area contributed by atoms with Crippen LogP contribution in [0.25, 0.3) is 0 Å². The molecule has 110 valence electrons. The molecule has 1 heterocycles. The van der Waals surface area contributed by atoms with Gasteiger partial charge in [0, 0.05) is 10.9 Å². The molecular weight excluding hydrogens is 301 g/mol. The van der Waals surface area contributed by atoms with Gasteiger partial charge in [-0.25, -0.2) is 12.8 Å². The van der Waals surface area contributed by atoms with Crippen molar-refractivity contribution in [2.75, 3.05) is 11.5 Å². The first kappa shape index (κ1) is 15.3. The highest BCUT2D eigenvalue weighted by atomic mass is 32.2. The summed E-state index contributed by atoms with van der Waals surface area (Å²) in [4.78, 5) is 12.8. The van der Waals surface area contributed by atoms with Crippen molar-refractivity contribution in [3.05, 3.63) is 30.1 Å². The lowest BCUT2D eigenvalue weighted by atomic mass is 10.2. The SMILES string of the molecule is CC(Sc1ccc(F)cc1)C(=O)NC1CCS(=O)(=O)C1. The van der Waals surface area contributed by atoms with Gasteiger partial charge in [-0.2, -0.15) is 0 Å². The van der Waals surface area contributed by atoms with E-state index < -0.39 is 9.84 Å². The summed E-state index contributed by atoms with van der Waals surface area (Å²) in [6.45, 7) is 1.74. The first-order chi connectivity index (χ1) is 9.35. The minimum absolute atomic E-state index is 0.0205. The molecule has 0 aliphatic carbocycles. The highest BCUT2D eigenvalue weighted by Crippen LogP contribution is 2.24. The standard InChI is InChI=1S/C13H16FNO3S2/c1-9(19-12-4-2-10(14)3-5-12)13(16)15-11-6-7-20(17,18)8-11/h2-5,9,11H,6-8H2,1H3,(H,15,16). The average molecular weight is 317 g/mol. The topological polar surface area (TPSA) is 63.2 Å². The van der Waals surface area contributed by atoms with Crippen molar-refractivity contribution in [2.45, 2.75) is 29.5 Å². The summed E-state index contributed by atoms with van der Waals surface area (Å²) >= 11 is 1.32. The van der Waals surface area contributed by atoms with Crippen LogP contribution in [0, 0.1) is 5.82 Å². The van der Waals surface area contributed by atoms with Crippen molar-refractivity contribution >= 4 is 27.5 Å². The molecule has 2 atom stereocenters. The van der Waals surface area contributed by atoms with Crippen molar-refractivity contribution in [1.29, 1.82) is 0 Å². The normalized spacial score (nSPS) is 22.4. The van der Waals surface area contributed by atoms with Gasteiger partial charge in [-0.15, -0.1) is 11.8 Å². The molecule has 1 saturated heterocycles. The van der Waals surface area contributed by atoms with Crippen molar-refractivity contribution in [3.63, 3.8) is 0 Å². The fourth-order valence-corrected chi connectivity index (χ4v) is 4.55. The summed E-state index contributed by atoms with van der Waals surface area (Å²) in [6, 6.07) is 5.63. The predicted molar refractivity (Wildman–Crippen MR) is 76.9 cm³/mol. The summed E-state index contributed by atoms with van der Waals surface area (Å²) in [5.74, 6) is -0.353. The summed E-state index contributed by atoms with van der Waals surface area (Å²) in [7, 11) is -2.99. The van der Waals surface area contributed by atoms with Crippen LogP contribution in [0.2, 0.25) is 0 Å². The average Bonchev–Trinajstić information content (AvgIpc) is 2.71. The lowest BCUT2D eigenvalue weighted by molar-refractivity contribution is -0.120. The first-order valence-electron chi connectivity index (χ1n) is 6.29. The number of carbonyl (C=O) groups is 1. The Balaban J connectivity index is 1.88. The monoisotopic (exact) mass is 317 g/mol. The van der Waals surface area contributed by atoms with Gasteiger partial charge in [0.2, 0.25) is 5.91 Å². The highest BCUT2D eigenvalue weighted by Gasteiger charge is 2.30. The molecule has 7 heteroatoms. The molecule has 1 aliphatic heterocycles. The Hall–Kier alpha value is -1.08. The Morgan fingerprint density at radius 1 is 1.40 bits per heavy atom. The second-order valence-corrected chi connectivity index (χ2v) is 8.47. The lowest BCUT2D eigenvalue weighted by Crippen LogP contribution is -2.39. The Kier molecular flexibility index (Phi) is 4.70. The molecule has 1 aliphatic rings. The molecule has 0 aromatic heterocycles. The molecule has 2 unspecified atom stereocenters. The third-order valence-corrected chi connectivity index (χ3v) is 5.95. The summed E-state index contributed by atoms with van der Waals surface area (Å²) in [5.41, 5.74) is 0. The molecule has 2 rings (SSSR count). The van der Waals surface area contributed by atoms with E-state index in [0.717, 1.165) is 4.90 Å². The number of amides is 1. The summed E-state index contributed by atoms with van der Waals surface area (Å²) < 4.78 is 35.4. The van der Waals surface area contributed by atoms with Gasteiger partial charge in [0.1, 0.15) is 5.82 Å². The molecule has 1 N–H and O–H groups in total.